The van der Waals surface area contributed by atoms with Gasteiger partial charge in [0.2, 0.25) is 24.3 Å². The summed E-state index contributed by atoms with van der Waals surface area (Å²) in [4.78, 5) is 23.2. The van der Waals surface area contributed by atoms with E-state index in [4.69, 9.17) is 16.2 Å². The summed E-state index contributed by atoms with van der Waals surface area (Å²) in [5.41, 5.74) is 10.8. The second-order valence-corrected chi connectivity index (χ2v) is 3.82. The van der Waals surface area contributed by atoms with Crippen molar-refractivity contribution >= 4 is 24.3 Å². The molecule has 0 spiro atoms. The normalized spacial score (nSPS) is 10.5. The standard InChI is InChI=1S/C9H16N6O2/c1-6(2)3-17-5-15(4-16)9-13-7(10)12-8(11)14-9/h4,6H,3,5H2,1-2H3,(H4,10,11,12,13,14). The van der Waals surface area contributed by atoms with E-state index in [-0.39, 0.29) is 24.6 Å². The average Bonchev–Trinajstić information content (AvgIpc) is 2.22. The van der Waals surface area contributed by atoms with Crippen molar-refractivity contribution < 1.29 is 9.53 Å². The third kappa shape index (κ3) is 4.19. The monoisotopic (exact) mass is 240 g/mol. The van der Waals surface area contributed by atoms with Gasteiger partial charge in [0.15, 0.2) is 0 Å². The maximum absolute atomic E-state index is 10.9. The first-order valence-corrected chi connectivity index (χ1v) is 5.09. The molecule has 17 heavy (non-hydrogen) atoms. The fraction of sp³-hybridized carbons (Fsp3) is 0.556. The topological polar surface area (TPSA) is 120 Å². The van der Waals surface area contributed by atoms with E-state index in [1.807, 2.05) is 13.8 Å². The maximum atomic E-state index is 10.9. The van der Waals surface area contributed by atoms with E-state index in [1.165, 1.54) is 0 Å². The van der Waals surface area contributed by atoms with Crippen molar-refractivity contribution in [1.29, 1.82) is 0 Å². The predicted octanol–water partition coefficient (Wildman–Crippen LogP) is -0.371. The molecule has 0 saturated carbocycles. The number of carbonyl (C=O) groups is 1. The van der Waals surface area contributed by atoms with Gasteiger partial charge in [-0.05, 0) is 5.92 Å². The van der Waals surface area contributed by atoms with Crippen LogP contribution >= 0.6 is 0 Å². The molecule has 0 fully saturated rings. The Bertz CT molecular complexity index is 363. The predicted molar refractivity (Wildman–Crippen MR) is 62.9 cm³/mol. The number of nitrogens with two attached hydrogens (primary N) is 2. The van der Waals surface area contributed by atoms with Gasteiger partial charge in [-0.2, -0.15) is 15.0 Å². The summed E-state index contributed by atoms with van der Waals surface area (Å²) in [6.07, 6.45) is 0.550. The molecule has 4 N–H and O–H groups in total. The van der Waals surface area contributed by atoms with Crippen LogP contribution in [-0.2, 0) is 9.53 Å². The molecule has 94 valence electrons. The zero-order valence-electron chi connectivity index (χ0n) is 9.83. The van der Waals surface area contributed by atoms with E-state index in [9.17, 15) is 4.79 Å². The summed E-state index contributed by atoms with van der Waals surface area (Å²) in [7, 11) is 0. The molecule has 0 aliphatic heterocycles. The molecular weight excluding hydrogens is 224 g/mol. The lowest BCUT2D eigenvalue weighted by Gasteiger charge is -2.16. The number of amides is 1. The number of hydrogen-bond donors (Lipinski definition) is 2. The molecule has 1 rings (SSSR count). The van der Waals surface area contributed by atoms with Gasteiger partial charge in [0.05, 0.1) is 6.61 Å². The summed E-state index contributed by atoms with van der Waals surface area (Å²) in [5, 5.41) is 0. The lowest BCUT2D eigenvalue weighted by molar-refractivity contribution is -0.108. The van der Waals surface area contributed by atoms with Gasteiger partial charge in [0.25, 0.3) is 0 Å². The first-order valence-electron chi connectivity index (χ1n) is 5.09. The number of anilines is 3. The number of nitrogen functional groups attached to an aromatic ring is 2. The van der Waals surface area contributed by atoms with Gasteiger partial charge in [-0.1, -0.05) is 13.8 Å². The number of hydrogen-bond acceptors (Lipinski definition) is 7. The summed E-state index contributed by atoms with van der Waals surface area (Å²) in [6.45, 7) is 4.58. The molecule has 8 nitrogen and oxygen atoms in total. The van der Waals surface area contributed by atoms with Gasteiger partial charge in [-0.25, -0.2) is 0 Å². The van der Waals surface area contributed by atoms with E-state index < -0.39 is 0 Å². The summed E-state index contributed by atoms with van der Waals surface area (Å²) >= 11 is 0. The highest BCUT2D eigenvalue weighted by atomic mass is 16.5. The van der Waals surface area contributed by atoms with E-state index in [1.54, 1.807) is 0 Å². The Hall–Kier alpha value is -1.96. The number of rotatable bonds is 6. The molecule has 0 bridgehead atoms. The van der Waals surface area contributed by atoms with Gasteiger partial charge in [-0.15, -0.1) is 0 Å². The van der Waals surface area contributed by atoms with Crippen molar-refractivity contribution in [2.75, 3.05) is 29.7 Å². The molecule has 1 amide bonds. The minimum absolute atomic E-state index is 0.0387. The molecule has 0 atom stereocenters. The number of nitrogens with zero attached hydrogens (tertiary/aromatic N) is 4. The molecule has 1 aromatic rings. The second kappa shape index (κ2) is 5.94. The van der Waals surface area contributed by atoms with Crippen LogP contribution in [-0.4, -0.2) is 34.7 Å². The van der Waals surface area contributed by atoms with Crippen LogP contribution in [0.2, 0.25) is 0 Å². The van der Waals surface area contributed by atoms with Crippen LogP contribution in [0.3, 0.4) is 0 Å². The Kier molecular flexibility index (Phi) is 4.58. The Balaban J connectivity index is 2.69. The van der Waals surface area contributed by atoms with E-state index in [0.29, 0.717) is 18.9 Å². The van der Waals surface area contributed by atoms with Crippen molar-refractivity contribution in [3.05, 3.63) is 0 Å². The quantitative estimate of drug-likeness (QED) is 0.514. The highest BCUT2D eigenvalue weighted by Crippen LogP contribution is 2.08. The van der Waals surface area contributed by atoms with Crippen molar-refractivity contribution in [1.82, 2.24) is 15.0 Å². The average molecular weight is 240 g/mol. The molecular formula is C9H16N6O2. The van der Waals surface area contributed by atoms with E-state index >= 15 is 0 Å². The first kappa shape index (κ1) is 13.1. The third-order valence-electron chi connectivity index (χ3n) is 1.72. The molecule has 0 aliphatic rings. The molecule has 0 radical (unpaired) electrons. The van der Waals surface area contributed by atoms with Crippen molar-refractivity contribution in [2.45, 2.75) is 13.8 Å². The molecule has 0 unspecified atom stereocenters. The Morgan fingerprint density at radius 1 is 1.29 bits per heavy atom. The second-order valence-electron chi connectivity index (χ2n) is 3.82. The maximum Gasteiger partial charge on any atom is 0.240 e. The van der Waals surface area contributed by atoms with Crippen LogP contribution in [0, 0.1) is 5.92 Å². The van der Waals surface area contributed by atoms with Gasteiger partial charge in [0, 0.05) is 0 Å². The highest BCUT2D eigenvalue weighted by Gasteiger charge is 2.11. The van der Waals surface area contributed by atoms with E-state index in [0.717, 1.165) is 4.90 Å². The van der Waals surface area contributed by atoms with Crippen molar-refractivity contribution in [2.24, 2.45) is 5.92 Å². The van der Waals surface area contributed by atoms with Crippen LogP contribution in [0.25, 0.3) is 0 Å². The van der Waals surface area contributed by atoms with Crippen LogP contribution in [0.5, 0.6) is 0 Å². The van der Waals surface area contributed by atoms with Crippen LogP contribution in [0.1, 0.15) is 13.8 Å². The van der Waals surface area contributed by atoms with Gasteiger partial charge >= 0.3 is 0 Å². The highest BCUT2D eigenvalue weighted by molar-refractivity contribution is 5.71. The minimum atomic E-state index is -0.0387. The molecule has 8 heteroatoms. The lowest BCUT2D eigenvalue weighted by atomic mass is 10.2. The zero-order valence-corrected chi connectivity index (χ0v) is 9.83. The molecule has 1 aromatic heterocycles. The van der Waals surface area contributed by atoms with Crippen LogP contribution in [0.4, 0.5) is 17.8 Å². The Morgan fingerprint density at radius 3 is 2.35 bits per heavy atom. The molecule has 1 heterocycles. The van der Waals surface area contributed by atoms with Gasteiger partial charge in [-0.3, -0.25) is 9.69 Å². The summed E-state index contributed by atoms with van der Waals surface area (Å²) in [5.74, 6) is 0.372. The van der Waals surface area contributed by atoms with Crippen molar-refractivity contribution in [3.63, 3.8) is 0 Å². The van der Waals surface area contributed by atoms with Crippen LogP contribution < -0.4 is 16.4 Å². The zero-order chi connectivity index (χ0) is 12.8. The van der Waals surface area contributed by atoms with Crippen molar-refractivity contribution in [3.8, 4) is 0 Å². The first-order chi connectivity index (χ1) is 8.02. The van der Waals surface area contributed by atoms with Gasteiger partial charge in [0.1, 0.15) is 6.73 Å². The molecule has 0 saturated heterocycles. The fourth-order valence-electron chi connectivity index (χ4n) is 1.05. The van der Waals surface area contributed by atoms with Crippen LogP contribution in [0.15, 0.2) is 0 Å². The molecule has 0 aliphatic carbocycles. The molecule has 0 aromatic carbocycles. The largest absolute Gasteiger partial charge is 0.368 e. The van der Waals surface area contributed by atoms with Gasteiger partial charge < -0.3 is 16.2 Å². The number of carbonyl (C=O) groups excluding carboxylic acids is 1. The SMILES string of the molecule is CC(C)COCN(C=O)c1nc(N)nc(N)n1. The summed E-state index contributed by atoms with van der Waals surface area (Å²) in [6, 6.07) is 0. The minimum Gasteiger partial charge on any atom is -0.368 e. The number of ether oxygens (including phenoxy) is 1. The third-order valence-corrected chi connectivity index (χ3v) is 1.72. The lowest BCUT2D eigenvalue weighted by Crippen LogP contribution is -2.28. The fourth-order valence-corrected chi connectivity index (χ4v) is 1.05. The Labute approximate surface area is 99.0 Å². The number of aromatic nitrogens is 3. The van der Waals surface area contributed by atoms with E-state index in [2.05, 4.69) is 15.0 Å². The Morgan fingerprint density at radius 2 is 1.88 bits per heavy atom. The smallest absolute Gasteiger partial charge is 0.240 e. The summed E-state index contributed by atoms with van der Waals surface area (Å²) < 4.78 is 5.29.